The zero-order valence-corrected chi connectivity index (χ0v) is 10.7. The van der Waals surface area contributed by atoms with Gasteiger partial charge in [-0.25, -0.2) is 8.78 Å². The second-order valence-electron chi connectivity index (χ2n) is 4.80. The summed E-state index contributed by atoms with van der Waals surface area (Å²) in [4.78, 5) is 11.6. The van der Waals surface area contributed by atoms with E-state index in [4.69, 9.17) is 0 Å². The Hall–Kier alpha value is -1.49. The molecule has 2 rings (SSSR count). The molecule has 1 aromatic carbocycles. The van der Waals surface area contributed by atoms with Gasteiger partial charge in [-0.2, -0.15) is 0 Å². The van der Waals surface area contributed by atoms with Gasteiger partial charge < -0.3 is 10.6 Å². The molecule has 1 aliphatic heterocycles. The number of benzene rings is 1. The second kappa shape index (κ2) is 6.61. The number of hydrogen-bond acceptors (Lipinski definition) is 2. The Labute approximate surface area is 111 Å². The van der Waals surface area contributed by atoms with Crippen molar-refractivity contribution in [1.82, 2.24) is 10.6 Å². The van der Waals surface area contributed by atoms with Crippen molar-refractivity contribution in [2.75, 3.05) is 13.1 Å². The number of hydrogen-bond donors (Lipinski definition) is 2. The molecule has 1 aromatic rings. The molecular weight excluding hydrogens is 250 g/mol. The Kier molecular flexibility index (Phi) is 4.85. The van der Waals surface area contributed by atoms with E-state index in [1.807, 2.05) is 0 Å². The van der Waals surface area contributed by atoms with Crippen molar-refractivity contribution in [1.29, 1.82) is 0 Å². The molecule has 0 bridgehead atoms. The van der Waals surface area contributed by atoms with Crippen LogP contribution in [0.3, 0.4) is 0 Å². The smallest absolute Gasteiger partial charge is 0.221 e. The number of rotatable bonds is 5. The van der Waals surface area contributed by atoms with E-state index in [2.05, 4.69) is 10.6 Å². The lowest BCUT2D eigenvalue weighted by Gasteiger charge is -2.10. The van der Waals surface area contributed by atoms with Gasteiger partial charge in [-0.15, -0.1) is 0 Å². The Bertz CT molecular complexity index is 425. The summed E-state index contributed by atoms with van der Waals surface area (Å²) in [5.41, 5.74) is 0.0294. The predicted molar refractivity (Wildman–Crippen MR) is 68.7 cm³/mol. The summed E-state index contributed by atoms with van der Waals surface area (Å²) in [7, 11) is 0. The maximum Gasteiger partial charge on any atom is 0.221 e. The SMILES string of the molecule is O=C(CC1CCCN1)NCCc1c(F)cccc1F. The minimum atomic E-state index is -0.563. The first-order valence-corrected chi connectivity index (χ1v) is 6.60. The van der Waals surface area contributed by atoms with Gasteiger partial charge in [-0.1, -0.05) is 6.07 Å². The molecule has 19 heavy (non-hydrogen) atoms. The first kappa shape index (κ1) is 13.9. The molecule has 5 heteroatoms. The van der Waals surface area contributed by atoms with Crippen molar-refractivity contribution in [3.63, 3.8) is 0 Å². The van der Waals surface area contributed by atoms with Crippen LogP contribution < -0.4 is 10.6 Å². The van der Waals surface area contributed by atoms with Crippen LogP contribution in [0, 0.1) is 11.6 Å². The molecule has 1 aliphatic rings. The van der Waals surface area contributed by atoms with Crippen LogP contribution in [0.5, 0.6) is 0 Å². The summed E-state index contributed by atoms with van der Waals surface area (Å²) < 4.78 is 26.7. The molecule has 1 unspecified atom stereocenters. The van der Waals surface area contributed by atoms with Gasteiger partial charge in [0.2, 0.25) is 5.91 Å². The van der Waals surface area contributed by atoms with Crippen LogP contribution in [-0.4, -0.2) is 25.0 Å². The largest absolute Gasteiger partial charge is 0.356 e. The minimum Gasteiger partial charge on any atom is -0.356 e. The van der Waals surface area contributed by atoms with Gasteiger partial charge in [0.15, 0.2) is 0 Å². The fourth-order valence-electron chi connectivity index (χ4n) is 2.32. The molecular formula is C14H18F2N2O. The van der Waals surface area contributed by atoms with Crippen LogP contribution in [0.25, 0.3) is 0 Å². The molecule has 0 aromatic heterocycles. The summed E-state index contributed by atoms with van der Waals surface area (Å²) >= 11 is 0. The third-order valence-corrected chi connectivity index (χ3v) is 3.35. The summed E-state index contributed by atoms with van der Waals surface area (Å²) in [6, 6.07) is 4.02. The van der Waals surface area contributed by atoms with Crippen LogP contribution in [0.4, 0.5) is 8.78 Å². The fraction of sp³-hybridized carbons (Fsp3) is 0.500. The van der Waals surface area contributed by atoms with Gasteiger partial charge in [0.1, 0.15) is 11.6 Å². The summed E-state index contributed by atoms with van der Waals surface area (Å²) in [5, 5.41) is 5.93. The third kappa shape index (κ3) is 3.99. The van der Waals surface area contributed by atoms with Gasteiger partial charge in [0.25, 0.3) is 0 Å². The molecule has 1 saturated heterocycles. The van der Waals surface area contributed by atoms with E-state index in [1.165, 1.54) is 18.2 Å². The predicted octanol–water partition coefficient (Wildman–Crippen LogP) is 1.77. The standard InChI is InChI=1S/C14H18F2N2O/c15-12-4-1-5-13(16)11(12)6-8-18-14(19)9-10-3-2-7-17-10/h1,4-5,10,17H,2-3,6-9H2,(H,18,19). The molecule has 1 atom stereocenters. The normalized spacial score (nSPS) is 18.5. The molecule has 1 heterocycles. The molecule has 1 amide bonds. The summed E-state index contributed by atoms with van der Waals surface area (Å²) in [6.07, 6.45) is 2.70. The molecule has 0 spiro atoms. The Morgan fingerprint density at radius 2 is 2.11 bits per heavy atom. The van der Waals surface area contributed by atoms with Crippen LogP contribution >= 0.6 is 0 Å². The average Bonchev–Trinajstić information content (AvgIpc) is 2.85. The zero-order chi connectivity index (χ0) is 13.7. The van der Waals surface area contributed by atoms with Crippen LogP contribution in [-0.2, 0) is 11.2 Å². The maximum absolute atomic E-state index is 13.3. The van der Waals surface area contributed by atoms with E-state index in [1.54, 1.807) is 0 Å². The van der Waals surface area contributed by atoms with E-state index in [-0.39, 0.29) is 30.5 Å². The van der Waals surface area contributed by atoms with E-state index in [0.717, 1.165) is 19.4 Å². The van der Waals surface area contributed by atoms with Gasteiger partial charge >= 0.3 is 0 Å². The second-order valence-corrected chi connectivity index (χ2v) is 4.80. The number of halogens is 2. The quantitative estimate of drug-likeness (QED) is 0.854. The van der Waals surface area contributed by atoms with Crippen molar-refractivity contribution in [2.24, 2.45) is 0 Å². The first-order chi connectivity index (χ1) is 9.16. The maximum atomic E-state index is 13.3. The molecule has 3 nitrogen and oxygen atoms in total. The van der Waals surface area contributed by atoms with Crippen molar-refractivity contribution >= 4 is 5.91 Å². The molecule has 0 radical (unpaired) electrons. The van der Waals surface area contributed by atoms with E-state index < -0.39 is 11.6 Å². The summed E-state index contributed by atoms with van der Waals surface area (Å²) in [5.74, 6) is -1.20. The van der Waals surface area contributed by atoms with Crippen LogP contribution in [0.1, 0.15) is 24.8 Å². The lowest BCUT2D eigenvalue weighted by Crippen LogP contribution is -2.33. The number of carbonyl (C=O) groups excluding carboxylic acids is 1. The molecule has 1 fully saturated rings. The lowest BCUT2D eigenvalue weighted by atomic mass is 10.1. The lowest BCUT2D eigenvalue weighted by molar-refractivity contribution is -0.121. The molecule has 0 saturated carbocycles. The van der Waals surface area contributed by atoms with Crippen LogP contribution in [0.2, 0.25) is 0 Å². The van der Waals surface area contributed by atoms with E-state index >= 15 is 0 Å². The minimum absolute atomic E-state index is 0.0294. The number of carbonyl (C=O) groups is 1. The van der Waals surface area contributed by atoms with Crippen LogP contribution in [0.15, 0.2) is 18.2 Å². The monoisotopic (exact) mass is 268 g/mol. The Morgan fingerprint density at radius 1 is 1.37 bits per heavy atom. The van der Waals surface area contributed by atoms with Gasteiger partial charge in [-0.05, 0) is 37.9 Å². The van der Waals surface area contributed by atoms with Crippen molar-refractivity contribution < 1.29 is 13.6 Å². The number of amides is 1. The Morgan fingerprint density at radius 3 is 2.74 bits per heavy atom. The van der Waals surface area contributed by atoms with Crippen molar-refractivity contribution in [3.05, 3.63) is 35.4 Å². The third-order valence-electron chi connectivity index (χ3n) is 3.35. The first-order valence-electron chi connectivity index (χ1n) is 6.60. The van der Waals surface area contributed by atoms with Crippen molar-refractivity contribution in [3.8, 4) is 0 Å². The average molecular weight is 268 g/mol. The van der Waals surface area contributed by atoms with Crippen molar-refractivity contribution in [2.45, 2.75) is 31.7 Å². The highest BCUT2D eigenvalue weighted by atomic mass is 19.1. The van der Waals surface area contributed by atoms with E-state index in [9.17, 15) is 13.6 Å². The van der Waals surface area contributed by atoms with Gasteiger partial charge in [0.05, 0.1) is 0 Å². The zero-order valence-electron chi connectivity index (χ0n) is 10.7. The molecule has 0 aliphatic carbocycles. The summed E-state index contributed by atoms with van der Waals surface area (Å²) in [6.45, 7) is 1.21. The highest BCUT2D eigenvalue weighted by molar-refractivity contribution is 5.76. The van der Waals surface area contributed by atoms with Gasteiger partial charge in [0, 0.05) is 24.6 Å². The highest BCUT2D eigenvalue weighted by Gasteiger charge is 2.17. The fourth-order valence-corrected chi connectivity index (χ4v) is 2.32. The molecule has 2 N–H and O–H groups in total. The topological polar surface area (TPSA) is 41.1 Å². The van der Waals surface area contributed by atoms with E-state index in [0.29, 0.717) is 6.42 Å². The molecule has 104 valence electrons. The highest BCUT2D eigenvalue weighted by Crippen LogP contribution is 2.12. The van der Waals surface area contributed by atoms with Gasteiger partial charge in [-0.3, -0.25) is 4.79 Å². The number of nitrogens with one attached hydrogen (secondary N) is 2. The Balaban J connectivity index is 1.75.